The van der Waals surface area contributed by atoms with Crippen LogP contribution in [0, 0.1) is 10.1 Å². The summed E-state index contributed by atoms with van der Waals surface area (Å²) in [4.78, 5) is 19.7. The predicted octanol–water partition coefficient (Wildman–Crippen LogP) is 1.73. The summed E-state index contributed by atoms with van der Waals surface area (Å²) in [5.74, 6) is -1.88. The molecule has 1 unspecified atom stereocenters. The minimum Gasteiger partial charge on any atom is -0.479 e. The predicted molar refractivity (Wildman–Crippen MR) is 50.7 cm³/mol. The normalized spacial score (nSPS) is 13.1. The van der Waals surface area contributed by atoms with Gasteiger partial charge in [0.05, 0.1) is 10.5 Å². The van der Waals surface area contributed by atoms with Crippen LogP contribution in [0.4, 0.5) is 18.9 Å². The second-order valence-electron chi connectivity index (χ2n) is 3.24. The van der Waals surface area contributed by atoms with Gasteiger partial charge in [-0.25, -0.2) is 4.79 Å². The van der Waals surface area contributed by atoms with Gasteiger partial charge in [0, 0.05) is 0 Å². The topological polar surface area (TPSA) is 101 Å². The highest BCUT2D eigenvalue weighted by molar-refractivity contribution is 5.76. The Balaban J connectivity index is 3.55. The van der Waals surface area contributed by atoms with Crippen LogP contribution in [0.2, 0.25) is 0 Å². The van der Waals surface area contributed by atoms with Gasteiger partial charge in [-0.15, -0.1) is 0 Å². The van der Waals surface area contributed by atoms with Gasteiger partial charge in [0.15, 0.2) is 6.10 Å². The fourth-order valence-electron chi connectivity index (χ4n) is 1.35. The van der Waals surface area contributed by atoms with Crippen LogP contribution in [0.1, 0.15) is 17.2 Å². The van der Waals surface area contributed by atoms with Crippen molar-refractivity contribution in [3.05, 3.63) is 39.4 Å². The number of carboxylic acids is 1. The zero-order valence-corrected chi connectivity index (χ0v) is 8.51. The first-order valence-corrected chi connectivity index (χ1v) is 4.41. The second-order valence-corrected chi connectivity index (χ2v) is 3.24. The summed E-state index contributed by atoms with van der Waals surface area (Å²) >= 11 is 0. The molecule has 0 aliphatic rings. The van der Waals surface area contributed by atoms with Crippen molar-refractivity contribution in [1.29, 1.82) is 0 Å². The summed E-state index contributed by atoms with van der Waals surface area (Å²) < 4.78 is 37.6. The van der Waals surface area contributed by atoms with Gasteiger partial charge >= 0.3 is 12.1 Å². The number of hydrogen-bond acceptors (Lipinski definition) is 4. The van der Waals surface area contributed by atoms with E-state index in [-0.39, 0.29) is 0 Å². The van der Waals surface area contributed by atoms with Gasteiger partial charge in [-0.1, -0.05) is 6.07 Å². The van der Waals surface area contributed by atoms with Crippen molar-refractivity contribution in [2.75, 3.05) is 0 Å². The highest BCUT2D eigenvalue weighted by Crippen LogP contribution is 2.39. The molecule has 0 saturated carbocycles. The maximum Gasteiger partial charge on any atom is 0.423 e. The van der Waals surface area contributed by atoms with Crippen molar-refractivity contribution in [2.24, 2.45) is 0 Å². The third-order valence-electron chi connectivity index (χ3n) is 2.08. The molecular weight excluding hydrogens is 259 g/mol. The Kier molecular flexibility index (Phi) is 3.56. The Labute approximate surface area is 97.4 Å². The summed E-state index contributed by atoms with van der Waals surface area (Å²) in [6, 6.07) is 1.99. The minimum absolute atomic E-state index is 0.441. The first-order chi connectivity index (χ1) is 8.16. The van der Waals surface area contributed by atoms with E-state index in [1.165, 1.54) is 0 Å². The number of nitro groups is 1. The lowest BCUT2D eigenvalue weighted by atomic mass is 10.0. The molecule has 2 N–H and O–H groups in total. The smallest absolute Gasteiger partial charge is 0.423 e. The number of halogens is 3. The van der Waals surface area contributed by atoms with Crippen LogP contribution in [0.25, 0.3) is 0 Å². The zero-order chi connectivity index (χ0) is 14.1. The third-order valence-corrected chi connectivity index (χ3v) is 2.08. The number of carbonyl (C=O) groups is 1. The number of para-hydroxylation sites is 1. The molecule has 18 heavy (non-hydrogen) atoms. The standard InChI is InChI=1S/C9H6F3NO5/c10-9(11,12)5-3-1-2-4(6(5)13(17)18)7(14)8(15)16/h1-3,7,14H,(H,15,16). The molecule has 6 nitrogen and oxygen atoms in total. The third kappa shape index (κ3) is 2.56. The lowest BCUT2D eigenvalue weighted by Gasteiger charge is -2.12. The molecule has 0 aliphatic heterocycles. The zero-order valence-electron chi connectivity index (χ0n) is 8.51. The van der Waals surface area contributed by atoms with Crippen molar-refractivity contribution in [3.8, 4) is 0 Å². The first kappa shape index (κ1) is 13.9. The van der Waals surface area contributed by atoms with Crippen LogP contribution in [0.15, 0.2) is 18.2 Å². The van der Waals surface area contributed by atoms with Crippen molar-refractivity contribution in [1.82, 2.24) is 0 Å². The number of benzene rings is 1. The molecule has 0 bridgehead atoms. The van der Waals surface area contributed by atoms with Gasteiger partial charge in [0.1, 0.15) is 5.56 Å². The van der Waals surface area contributed by atoms with Crippen LogP contribution < -0.4 is 0 Å². The van der Waals surface area contributed by atoms with E-state index in [4.69, 9.17) is 10.2 Å². The molecule has 0 fully saturated rings. The Morgan fingerprint density at radius 3 is 2.33 bits per heavy atom. The minimum atomic E-state index is -5.02. The van der Waals surface area contributed by atoms with Gasteiger partial charge in [0.2, 0.25) is 0 Å². The molecule has 0 aliphatic carbocycles. The highest BCUT2D eigenvalue weighted by Gasteiger charge is 2.41. The summed E-state index contributed by atoms with van der Waals surface area (Å²) in [6.07, 6.45) is -7.41. The van der Waals surface area contributed by atoms with E-state index in [0.29, 0.717) is 6.07 Å². The van der Waals surface area contributed by atoms with Crippen molar-refractivity contribution < 1.29 is 33.1 Å². The molecular formula is C9H6F3NO5. The summed E-state index contributed by atoms with van der Waals surface area (Å²) in [6.45, 7) is 0. The van der Waals surface area contributed by atoms with E-state index in [2.05, 4.69) is 0 Å². The number of alkyl halides is 3. The lowest BCUT2D eigenvalue weighted by molar-refractivity contribution is -0.389. The number of hydrogen-bond donors (Lipinski definition) is 2. The van der Waals surface area contributed by atoms with E-state index < -0.39 is 40.0 Å². The van der Waals surface area contributed by atoms with E-state index in [1.54, 1.807) is 0 Å². The van der Waals surface area contributed by atoms with E-state index in [1.807, 2.05) is 0 Å². The Hall–Kier alpha value is -2.16. The molecule has 0 radical (unpaired) electrons. The Morgan fingerprint density at radius 1 is 1.39 bits per heavy atom. The number of aliphatic hydroxyl groups is 1. The molecule has 1 atom stereocenters. The molecule has 0 amide bonds. The maximum atomic E-state index is 12.5. The molecule has 0 aromatic heterocycles. The van der Waals surface area contributed by atoms with E-state index in [0.717, 1.165) is 12.1 Å². The molecule has 1 rings (SSSR count). The highest BCUT2D eigenvalue weighted by atomic mass is 19.4. The molecule has 0 spiro atoms. The number of aliphatic hydroxyl groups excluding tert-OH is 1. The summed E-state index contributed by atoms with van der Waals surface area (Å²) in [5.41, 5.74) is -3.98. The van der Waals surface area contributed by atoms with Gasteiger partial charge in [-0.3, -0.25) is 10.1 Å². The van der Waals surface area contributed by atoms with E-state index >= 15 is 0 Å². The van der Waals surface area contributed by atoms with Crippen molar-refractivity contribution in [2.45, 2.75) is 12.3 Å². The van der Waals surface area contributed by atoms with E-state index in [9.17, 15) is 28.1 Å². The Morgan fingerprint density at radius 2 is 1.94 bits per heavy atom. The largest absolute Gasteiger partial charge is 0.479 e. The molecule has 98 valence electrons. The second kappa shape index (κ2) is 4.61. The quantitative estimate of drug-likeness (QED) is 0.640. The lowest BCUT2D eigenvalue weighted by Crippen LogP contribution is -2.16. The Bertz CT molecular complexity index is 499. The number of nitrogens with zero attached hydrogens (tertiary/aromatic N) is 1. The fourth-order valence-corrected chi connectivity index (χ4v) is 1.35. The molecule has 0 saturated heterocycles. The molecule has 1 aromatic rings. The average molecular weight is 265 g/mol. The maximum absolute atomic E-state index is 12.5. The summed E-state index contributed by atoms with van der Waals surface area (Å²) in [7, 11) is 0. The van der Waals surface area contributed by atoms with Crippen LogP contribution >= 0.6 is 0 Å². The first-order valence-electron chi connectivity index (χ1n) is 4.41. The molecule has 9 heteroatoms. The van der Waals surface area contributed by atoms with Crippen LogP contribution in [-0.4, -0.2) is 21.1 Å². The molecule has 0 heterocycles. The van der Waals surface area contributed by atoms with Crippen LogP contribution in [0.3, 0.4) is 0 Å². The SMILES string of the molecule is O=C(O)C(O)c1cccc(C(F)(F)F)c1[N+](=O)[O-]. The van der Waals surface area contributed by atoms with Crippen LogP contribution in [0.5, 0.6) is 0 Å². The van der Waals surface area contributed by atoms with Crippen LogP contribution in [-0.2, 0) is 11.0 Å². The number of nitro benzene ring substituents is 1. The number of carboxylic acid groups (broad SMARTS) is 1. The number of aliphatic carboxylic acids is 1. The van der Waals surface area contributed by atoms with Gasteiger partial charge < -0.3 is 10.2 Å². The fraction of sp³-hybridized carbons (Fsp3) is 0.222. The van der Waals surface area contributed by atoms with Crippen molar-refractivity contribution >= 4 is 11.7 Å². The average Bonchev–Trinajstić information content (AvgIpc) is 2.25. The molecule has 1 aromatic carbocycles. The number of rotatable bonds is 3. The van der Waals surface area contributed by atoms with Gasteiger partial charge in [-0.2, -0.15) is 13.2 Å². The monoisotopic (exact) mass is 265 g/mol. The summed E-state index contributed by atoms with van der Waals surface area (Å²) in [5, 5.41) is 28.2. The van der Waals surface area contributed by atoms with Gasteiger partial charge in [-0.05, 0) is 12.1 Å². The van der Waals surface area contributed by atoms with Gasteiger partial charge in [0.25, 0.3) is 5.69 Å². The van der Waals surface area contributed by atoms with Crippen molar-refractivity contribution in [3.63, 3.8) is 0 Å².